The third-order valence-electron chi connectivity index (χ3n) is 6.50. The fourth-order valence-corrected chi connectivity index (χ4v) is 5.75. The molecule has 176 valence electrons. The average Bonchev–Trinajstić information content (AvgIpc) is 3.55. The van der Waals surface area contributed by atoms with Crippen LogP contribution < -0.4 is 0 Å². The van der Waals surface area contributed by atoms with E-state index < -0.39 is 0 Å². The van der Waals surface area contributed by atoms with Gasteiger partial charge in [-0.15, -0.1) is 16.4 Å². The topological polar surface area (TPSA) is 50.1 Å². The van der Waals surface area contributed by atoms with Gasteiger partial charge in [0.2, 0.25) is 0 Å². The summed E-state index contributed by atoms with van der Waals surface area (Å²) in [6, 6.07) is 26.4. The number of benzene rings is 2. The highest BCUT2D eigenvalue weighted by Crippen LogP contribution is 2.35. The summed E-state index contributed by atoms with van der Waals surface area (Å²) >= 11 is 1.78. The minimum Gasteiger partial charge on any atom is -0.290 e. The number of thiophene rings is 1. The second-order valence-electron chi connectivity index (χ2n) is 9.83. The Hall–Kier alpha value is -2.87. The predicted octanol–water partition coefficient (Wildman–Crippen LogP) is 4.99. The van der Waals surface area contributed by atoms with Crippen molar-refractivity contribution in [3.8, 4) is 0 Å². The van der Waals surface area contributed by atoms with Gasteiger partial charge in [-0.3, -0.25) is 9.80 Å². The number of nitrogens with zero attached hydrogens (tertiary/aromatic N) is 6. The average molecular weight is 473 g/mol. The second-order valence-corrected chi connectivity index (χ2v) is 10.8. The largest absolute Gasteiger partial charge is 0.290 e. The molecule has 7 heteroatoms. The molecule has 0 aliphatic carbocycles. The summed E-state index contributed by atoms with van der Waals surface area (Å²) in [5, 5.41) is 15.1. The van der Waals surface area contributed by atoms with Crippen molar-refractivity contribution in [1.82, 2.24) is 30.0 Å². The predicted molar refractivity (Wildman–Crippen MR) is 137 cm³/mol. The minimum atomic E-state index is -0.179. The quantitative estimate of drug-likeness (QED) is 0.396. The molecule has 34 heavy (non-hydrogen) atoms. The standard InChI is InChI=1S/C27H32N6S/c1-27(2,3)33-26(28-29-30-33)25(23-15-10-20-34-23)32-18-16-31(17-19-32)24(21-11-6-4-7-12-21)22-13-8-5-9-14-22/h4-15,20,24-25H,16-19H2,1-3H3/t25-/m0/s1. The Labute approximate surface area is 205 Å². The van der Waals surface area contributed by atoms with Crippen molar-refractivity contribution < 1.29 is 0 Å². The molecule has 0 unspecified atom stereocenters. The lowest BCUT2D eigenvalue weighted by Gasteiger charge is -2.42. The van der Waals surface area contributed by atoms with Gasteiger partial charge in [-0.1, -0.05) is 66.7 Å². The van der Waals surface area contributed by atoms with Crippen LogP contribution in [0.25, 0.3) is 0 Å². The monoisotopic (exact) mass is 472 g/mol. The molecular formula is C27H32N6S. The van der Waals surface area contributed by atoms with Gasteiger partial charge in [-0.05, 0) is 53.8 Å². The Morgan fingerprint density at radius 3 is 1.79 bits per heavy atom. The number of hydrogen-bond donors (Lipinski definition) is 0. The van der Waals surface area contributed by atoms with Crippen molar-refractivity contribution >= 4 is 11.3 Å². The lowest BCUT2D eigenvalue weighted by molar-refractivity contribution is 0.0853. The van der Waals surface area contributed by atoms with Crippen LogP contribution in [0.3, 0.4) is 0 Å². The first-order valence-corrected chi connectivity index (χ1v) is 12.8. The van der Waals surface area contributed by atoms with E-state index in [1.54, 1.807) is 11.3 Å². The van der Waals surface area contributed by atoms with E-state index in [4.69, 9.17) is 0 Å². The van der Waals surface area contributed by atoms with E-state index in [1.165, 1.54) is 16.0 Å². The third-order valence-corrected chi connectivity index (χ3v) is 7.42. The van der Waals surface area contributed by atoms with E-state index in [0.29, 0.717) is 0 Å². The van der Waals surface area contributed by atoms with Crippen LogP contribution in [0.1, 0.15) is 54.7 Å². The lowest BCUT2D eigenvalue weighted by Crippen LogP contribution is -2.49. The van der Waals surface area contributed by atoms with Gasteiger partial charge < -0.3 is 0 Å². The Morgan fingerprint density at radius 1 is 0.735 bits per heavy atom. The molecule has 0 spiro atoms. The number of rotatable bonds is 6. The molecule has 4 aromatic rings. The lowest BCUT2D eigenvalue weighted by atomic mass is 9.96. The first-order valence-electron chi connectivity index (χ1n) is 11.9. The van der Waals surface area contributed by atoms with Crippen molar-refractivity contribution in [3.63, 3.8) is 0 Å². The second kappa shape index (κ2) is 9.78. The fraction of sp³-hybridized carbons (Fsp3) is 0.370. The smallest absolute Gasteiger partial charge is 0.174 e. The van der Waals surface area contributed by atoms with Gasteiger partial charge in [-0.25, -0.2) is 4.68 Å². The Morgan fingerprint density at radius 2 is 1.29 bits per heavy atom. The Balaban J connectivity index is 1.42. The molecule has 0 radical (unpaired) electrons. The first-order chi connectivity index (χ1) is 16.5. The van der Waals surface area contributed by atoms with Crippen molar-refractivity contribution in [3.05, 3.63) is 100 Å². The molecule has 6 nitrogen and oxygen atoms in total. The van der Waals surface area contributed by atoms with Crippen LogP contribution in [-0.4, -0.2) is 56.2 Å². The molecule has 1 atom stereocenters. The Kier molecular flexibility index (Phi) is 6.59. The maximum absolute atomic E-state index is 4.52. The molecule has 5 rings (SSSR count). The maximum atomic E-state index is 4.52. The summed E-state index contributed by atoms with van der Waals surface area (Å²) in [6.45, 7) is 10.3. The van der Waals surface area contributed by atoms with Gasteiger partial charge in [0.05, 0.1) is 11.6 Å². The highest BCUT2D eigenvalue weighted by atomic mass is 32.1. The zero-order valence-corrected chi connectivity index (χ0v) is 20.9. The summed E-state index contributed by atoms with van der Waals surface area (Å²) in [4.78, 5) is 6.44. The molecule has 0 amide bonds. The van der Waals surface area contributed by atoms with E-state index in [1.807, 2.05) is 4.68 Å². The highest BCUT2D eigenvalue weighted by Gasteiger charge is 2.35. The summed E-state index contributed by atoms with van der Waals surface area (Å²) in [6.07, 6.45) is 0. The highest BCUT2D eigenvalue weighted by molar-refractivity contribution is 7.10. The molecule has 1 fully saturated rings. The number of aromatic nitrogens is 4. The zero-order valence-electron chi connectivity index (χ0n) is 20.1. The van der Waals surface area contributed by atoms with Gasteiger partial charge >= 0.3 is 0 Å². The van der Waals surface area contributed by atoms with Crippen molar-refractivity contribution in [1.29, 1.82) is 0 Å². The van der Waals surface area contributed by atoms with E-state index in [9.17, 15) is 0 Å². The zero-order chi connectivity index (χ0) is 23.5. The molecule has 3 heterocycles. The molecule has 1 aliphatic heterocycles. The third kappa shape index (κ3) is 4.69. The first kappa shape index (κ1) is 22.9. The van der Waals surface area contributed by atoms with Crippen LogP contribution in [0, 0.1) is 0 Å². The molecule has 1 saturated heterocycles. The molecular weight excluding hydrogens is 440 g/mol. The van der Waals surface area contributed by atoms with Crippen LogP contribution in [0.15, 0.2) is 78.2 Å². The number of piperazine rings is 1. The number of tetrazole rings is 1. The van der Waals surface area contributed by atoms with Gasteiger partial charge in [0.15, 0.2) is 5.82 Å². The molecule has 0 saturated carbocycles. The molecule has 0 bridgehead atoms. The van der Waals surface area contributed by atoms with Crippen LogP contribution in [0.2, 0.25) is 0 Å². The van der Waals surface area contributed by atoms with E-state index in [-0.39, 0.29) is 17.6 Å². The Bertz CT molecular complexity index is 1120. The van der Waals surface area contributed by atoms with Gasteiger partial charge in [0.25, 0.3) is 0 Å². The van der Waals surface area contributed by atoms with Gasteiger partial charge in [-0.2, -0.15) is 0 Å². The summed E-state index contributed by atoms with van der Waals surface area (Å²) in [7, 11) is 0. The minimum absolute atomic E-state index is 0.0586. The van der Waals surface area contributed by atoms with E-state index >= 15 is 0 Å². The summed E-state index contributed by atoms with van der Waals surface area (Å²) in [5.74, 6) is 0.922. The maximum Gasteiger partial charge on any atom is 0.174 e. The molecule has 0 N–H and O–H groups in total. The normalized spacial score (nSPS) is 16.7. The van der Waals surface area contributed by atoms with Crippen LogP contribution in [-0.2, 0) is 5.54 Å². The van der Waals surface area contributed by atoms with Gasteiger partial charge in [0.1, 0.15) is 6.04 Å². The van der Waals surface area contributed by atoms with Crippen LogP contribution in [0.5, 0.6) is 0 Å². The molecule has 2 aromatic carbocycles. The van der Waals surface area contributed by atoms with Crippen molar-refractivity contribution in [2.75, 3.05) is 26.2 Å². The summed E-state index contributed by atoms with van der Waals surface area (Å²) < 4.78 is 1.99. The number of hydrogen-bond acceptors (Lipinski definition) is 6. The van der Waals surface area contributed by atoms with Crippen molar-refractivity contribution in [2.24, 2.45) is 0 Å². The molecule has 1 aliphatic rings. The van der Waals surface area contributed by atoms with Crippen LogP contribution in [0.4, 0.5) is 0 Å². The molecule has 2 aromatic heterocycles. The van der Waals surface area contributed by atoms with E-state index in [2.05, 4.69) is 124 Å². The summed E-state index contributed by atoms with van der Waals surface area (Å²) in [5.41, 5.74) is 2.50. The van der Waals surface area contributed by atoms with Gasteiger partial charge in [0, 0.05) is 31.1 Å². The fourth-order valence-electron chi connectivity index (χ4n) is 4.90. The van der Waals surface area contributed by atoms with E-state index in [0.717, 1.165) is 32.0 Å². The van der Waals surface area contributed by atoms with Crippen LogP contribution >= 0.6 is 11.3 Å². The SMILES string of the molecule is CC(C)(C)n1nnnc1[C@H](c1cccs1)N1CCN(C(c2ccccc2)c2ccccc2)CC1. The van der Waals surface area contributed by atoms with Crippen molar-refractivity contribution in [2.45, 2.75) is 38.4 Å².